The summed E-state index contributed by atoms with van der Waals surface area (Å²) in [5.41, 5.74) is 1.21. The monoisotopic (exact) mass is 363 g/mol. The summed E-state index contributed by atoms with van der Waals surface area (Å²) >= 11 is 12.2. The van der Waals surface area contributed by atoms with Gasteiger partial charge in [0.15, 0.2) is 5.78 Å². The maximum absolute atomic E-state index is 12.0. The Morgan fingerprint density at radius 3 is 2.83 bits per heavy atom. The van der Waals surface area contributed by atoms with Gasteiger partial charge in [-0.3, -0.25) is 9.69 Å². The SMILES string of the molecule is CN(CC(=O)c1ccc(Cl)s1)Cc1csc(Br)c1. The fourth-order valence-corrected chi connectivity index (χ4v) is 3.76. The zero-order chi connectivity index (χ0) is 13.1. The first-order chi connectivity index (χ1) is 8.54. The number of hydrogen-bond acceptors (Lipinski definition) is 4. The lowest BCUT2D eigenvalue weighted by molar-refractivity contribution is 0.0947. The molecular weight excluding hydrogens is 354 g/mol. The Morgan fingerprint density at radius 2 is 2.28 bits per heavy atom. The number of thiophene rings is 2. The molecule has 2 nitrogen and oxygen atoms in total. The van der Waals surface area contributed by atoms with Crippen LogP contribution in [0.1, 0.15) is 15.2 Å². The van der Waals surface area contributed by atoms with Crippen LogP contribution in [0.25, 0.3) is 0 Å². The molecule has 6 heteroatoms. The van der Waals surface area contributed by atoms with E-state index in [2.05, 4.69) is 27.4 Å². The number of rotatable bonds is 5. The minimum absolute atomic E-state index is 0.115. The van der Waals surface area contributed by atoms with Crippen LogP contribution in [0.2, 0.25) is 4.34 Å². The van der Waals surface area contributed by atoms with E-state index in [4.69, 9.17) is 11.6 Å². The summed E-state index contributed by atoms with van der Waals surface area (Å²) in [4.78, 5) is 14.7. The van der Waals surface area contributed by atoms with Gasteiger partial charge in [0.2, 0.25) is 0 Å². The standard InChI is InChI=1S/C12H11BrClNOS2/c1-15(5-8-4-11(13)17-7-8)6-9(16)10-2-3-12(14)18-10/h2-4,7H,5-6H2,1H3. The van der Waals surface area contributed by atoms with Crippen molar-refractivity contribution >= 4 is 56.0 Å². The number of Topliss-reactive ketones (excluding diaryl/α,β-unsaturated/α-hetero) is 1. The summed E-state index contributed by atoms with van der Waals surface area (Å²) in [6.45, 7) is 1.18. The average Bonchev–Trinajstić information content (AvgIpc) is 2.87. The van der Waals surface area contributed by atoms with Gasteiger partial charge in [0.05, 0.1) is 19.5 Å². The third kappa shape index (κ3) is 3.90. The second-order valence-corrected chi connectivity index (χ2v) is 7.96. The first kappa shape index (κ1) is 14.2. The molecule has 0 saturated carbocycles. The van der Waals surface area contributed by atoms with Crippen LogP contribution >= 0.6 is 50.2 Å². The zero-order valence-corrected chi connectivity index (χ0v) is 13.6. The van der Waals surface area contributed by atoms with E-state index < -0.39 is 0 Å². The summed E-state index contributed by atoms with van der Waals surface area (Å²) in [5, 5.41) is 2.09. The highest BCUT2D eigenvalue weighted by Gasteiger charge is 2.12. The molecule has 0 aliphatic heterocycles. The van der Waals surface area contributed by atoms with Crippen LogP contribution in [0.3, 0.4) is 0 Å². The van der Waals surface area contributed by atoms with Gasteiger partial charge in [0.1, 0.15) is 0 Å². The molecule has 0 aromatic carbocycles. The number of hydrogen-bond donors (Lipinski definition) is 0. The molecule has 2 aromatic rings. The Balaban J connectivity index is 1.91. The first-order valence-corrected chi connectivity index (χ1v) is 8.11. The molecule has 0 N–H and O–H groups in total. The smallest absolute Gasteiger partial charge is 0.186 e. The molecule has 2 heterocycles. The molecule has 0 bridgehead atoms. The fourth-order valence-electron chi connectivity index (χ4n) is 1.58. The maximum atomic E-state index is 12.0. The molecule has 18 heavy (non-hydrogen) atoms. The largest absolute Gasteiger partial charge is 0.295 e. The van der Waals surface area contributed by atoms with Crippen molar-refractivity contribution in [2.45, 2.75) is 6.54 Å². The van der Waals surface area contributed by atoms with Crippen molar-refractivity contribution in [2.75, 3.05) is 13.6 Å². The molecule has 0 aliphatic rings. The van der Waals surface area contributed by atoms with Gasteiger partial charge >= 0.3 is 0 Å². The van der Waals surface area contributed by atoms with Gasteiger partial charge < -0.3 is 0 Å². The van der Waals surface area contributed by atoms with E-state index in [1.807, 2.05) is 11.9 Å². The lowest BCUT2D eigenvalue weighted by Crippen LogP contribution is -2.24. The van der Waals surface area contributed by atoms with Crippen LogP contribution in [0.4, 0.5) is 0 Å². The quantitative estimate of drug-likeness (QED) is 0.726. The van der Waals surface area contributed by atoms with E-state index in [1.165, 1.54) is 16.9 Å². The number of carbonyl (C=O) groups is 1. The lowest BCUT2D eigenvalue weighted by atomic mass is 10.2. The van der Waals surface area contributed by atoms with Crippen molar-refractivity contribution in [2.24, 2.45) is 0 Å². The van der Waals surface area contributed by atoms with Crippen molar-refractivity contribution in [1.82, 2.24) is 4.90 Å². The van der Waals surface area contributed by atoms with Gasteiger partial charge in [0.25, 0.3) is 0 Å². The molecule has 0 radical (unpaired) electrons. The van der Waals surface area contributed by atoms with Gasteiger partial charge in [-0.25, -0.2) is 0 Å². The van der Waals surface area contributed by atoms with Crippen LogP contribution in [0.15, 0.2) is 27.4 Å². The molecule has 96 valence electrons. The fraction of sp³-hybridized carbons (Fsp3) is 0.250. The molecule has 0 atom stereocenters. The molecule has 0 spiro atoms. The molecule has 0 amide bonds. The number of likely N-dealkylation sites (N-methyl/N-ethyl adjacent to an activating group) is 1. The number of nitrogens with zero attached hydrogens (tertiary/aromatic N) is 1. The molecule has 0 aliphatic carbocycles. The Kier molecular flexibility index (Phi) is 4.98. The van der Waals surface area contributed by atoms with E-state index in [0.717, 1.165) is 15.2 Å². The minimum atomic E-state index is 0.115. The summed E-state index contributed by atoms with van der Waals surface area (Å²) in [5.74, 6) is 0.115. The molecule has 0 saturated heterocycles. The first-order valence-electron chi connectivity index (χ1n) is 5.24. The van der Waals surface area contributed by atoms with E-state index in [0.29, 0.717) is 10.9 Å². The highest BCUT2D eigenvalue weighted by molar-refractivity contribution is 9.11. The average molecular weight is 365 g/mol. The Labute approximate surface area is 127 Å². The van der Waals surface area contributed by atoms with Gasteiger partial charge in [0, 0.05) is 6.54 Å². The summed E-state index contributed by atoms with van der Waals surface area (Å²) in [6, 6.07) is 5.62. The van der Waals surface area contributed by atoms with E-state index in [1.54, 1.807) is 23.5 Å². The number of carbonyl (C=O) groups excluding carboxylic acids is 1. The molecule has 2 aromatic heterocycles. The van der Waals surface area contributed by atoms with Gasteiger partial charge in [-0.2, -0.15) is 0 Å². The summed E-state index contributed by atoms with van der Waals surface area (Å²) < 4.78 is 1.77. The highest BCUT2D eigenvalue weighted by Crippen LogP contribution is 2.23. The van der Waals surface area contributed by atoms with Crippen LogP contribution in [-0.2, 0) is 6.54 Å². The summed E-state index contributed by atoms with van der Waals surface area (Å²) in [7, 11) is 1.94. The minimum Gasteiger partial charge on any atom is -0.295 e. The number of halogens is 2. The highest BCUT2D eigenvalue weighted by atomic mass is 79.9. The third-order valence-corrected chi connectivity index (χ3v) is 5.16. The third-order valence-electron chi connectivity index (χ3n) is 2.34. The van der Waals surface area contributed by atoms with Crippen LogP contribution < -0.4 is 0 Å². The predicted octanol–water partition coefficient (Wildman–Crippen LogP) is 4.54. The molecule has 0 fully saturated rings. The lowest BCUT2D eigenvalue weighted by Gasteiger charge is -2.14. The van der Waals surface area contributed by atoms with E-state index >= 15 is 0 Å². The number of ketones is 1. The topological polar surface area (TPSA) is 20.3 Å². The van der Waals surface area contributed by atoms with E-state index in [9.17, 15) is 4.79 Å². The van der Waals surface area contributed by atoms with Crippen molar-refractivity contribution in [3.05, 3.63) is 42.1 Å². The van der Waals surface area contributed by atoms with Gasteiger partial charge in [-0.1, -0.05) is 11.6 Å². The summed E-state index contributed by atoms with van der Waals surface area (Å²) in [6.07, 6.45) is 0. The maximum Gasteiger partial charge on any atom is 0.186 e. The van der Waals surface area contributed by atoms with Crippen LogP contribution in [0.5, 0.6) is 0 Å². The normalized spacial score (nSPS) is 11.1. The zero-order valence-electron chi connectivity index (χ0n) is 9.65. The Hall–Kier alpha value is -0.200. The van der Waals surface area contributed by atoms with Gasteiger partial charge in [-0.05, 0) is 52.1 Å². The molecule has 0 unspecified atom stereocenters. The second kappa shape index (κ2) is 6.30. The van der Waals surface area contributed by atoms with Gasteiger partial charge in [-0.15, -0.1) is 22.7 Å². The van der Waals surface area contributed by atoms with Crippen LogP contribution in [-0.4, -0.2) is 24.3 Å². The van der Waals surface area contributed by atoms with E-state index in [-0.39, 0.29) is 5.78 Å². The van der Waals surface area contributed by atoms with Crippen molar-refractivity contribution < 1.29 is 4.79 Å². The molecular formula is C12H11BrClNOS2. The van der Waals surface area contributed by atoms with Crippen LogP contribution in [0, 0.1) is 0 Å². The Bertz CT molecular complexity index is 552. The predicted molar refractivity (Wildman–Crippen MR) is 82.0 cm³/mol. The Morgan fingerprint density at radius 1 is 1.50 bits per heavy atom. The van der Waals surface area contributed by atoms with Crippen molar-refractivity contribution in [1.29, 1.82) is 0 Å². The second-order valence-electron chi connectivity index (χ2n) is 3.96. The molecule has 2 rings (SSSR count). The van der Waals surface area contributed by atoms with Crippen molar-refractivity contribution in [3.63, 3.8) is 0 Å². The van der Waals surface area contributed by atoms with Crippen molar-refractivity contribution in [3.8, 4) is 0 Å².